The molecule has 0 amide bonds. The van der Waals surface area contributed by atoms with E-state index in [1.165, 1.54) is 10.9 Å². The predicted octanol–water partition coefficient (Wildman–Crippen LogP) is -0.0121. The van der Waals surface area contributed by atoms with E-state index in [9.17, 15) is 19.7 Å². The molecule has 2 aromatic heterocycles. The highest BCUT2D eigenvalue weighted by Gasteiger charge is 2.21. The van der Waals surface area contributed by atoms with E-state index in [4.69, 9.17) is 0 Å². The molecule has 0 aliphatic rings. The van der Waals surface area contributed by atoms with E-state index in [0.29, 0.717) is 12.4 Å². The number of carbonyl (C=O) groups excluding carboxylic acids is 1. The average molecular weight is 322 g/mol. The molecule has 11 nitrogen and oxygen atoms in total. The van der Waals surface area contributed by atoms with Crippen molar-refractivity contribution >= 4 is 11.7 Å². The van der Waals surface area contributed by atoms with Gasteiger partial charge in [0, 0.05) is 18.8 Å². The lowest BCUT2D eigenvalue weighted by atomic mass is 10.2. The Kier molecular flexibility index (Phi) is 4.79. The topological polar surface area (TPSA) is 135 Å². The molecule has 0 radical (unpaired) electrons. The van der Waals surface area contributed by atoms with Crippen molar-refractivity contribution in [3.63, 3.8) is 0 Å². The molecule has 0 saturated carbocycles. The minimum Gasteiger partial charge on any atom is -0.465 e. The van der Waals surface area contributed by atoms with Gasteiger partial charge in [-0.15, -0.1) is 5.10 Å². The molecule has 2 heterocycles. The highest BCUT2D eigenvalue weighted by atomic mass is 16.6. The van der Waals surface area contributed by atoms with Gasteiger partial charge in [0.25, 0.3) is 0 Å². The summed E-state index contributed by atoms with van der Waals surface area (Å²) in [7, 11) is 1.14. The van der Waals surface area contributed by atoms with Crippen molar-refractivity contribution in [1.29, 1.82) is 0 Å². The summed E-state index contributed by atoms with van der Waals surface area (Å²) in [4.78, 5) is 33.9. The zero-order chi connectivity index (χ0) is 17.0. The maximum atomic E-state index is 12.2. The summed E-state index contributed by atoms with van der Waals surface area (Å²) in [6.45, 7) is 2.37. The van der Waals surface area contributed by atoms with Gasteiger partial charge >= 0.3 is 17.2 Å². The van der Waals surface area contributed by atoms with Crippen molar-refractivity contribution < 1.29 is 14.5 Å². The molecule has 0 fully saturated rings. The van der Waals surface area contributed by atoms with Crippen LogP contribution in [0.25, 0.3) is 0 Å². The number of esters is 1. The molecule has 0 aliphatic carbocycles. The number of aryl methyl sites for hydroxylation is 1. The Morgan fingerprint density at radius 2 is 2.22 bits per heavy atom. The van der Waals surface area contributed by atoms with Crippen LogP contribution >= 0.6 is 0 Å². The van der Waals surface area contributed by atoms with Gasteiger partial charge in [0.05, 0.1) is 24.1 Å². The quantitative estimate of drug-likeness (QED) is 0.411. The van der Waals surface area contributed by atoms with Crippen LogP contribution in [-0.4, -0.2) is 42.8 Å². The molecule has 0 aromatic carbocycles. The number of aromatic nitrogens is 5. The molecule has 0 atom stereocenters. The summed E-state index contributed by atoms with van der Waals surface area (Å²) in [6.07, 6.45) is 1.96. The van der Waals surface area contributed by atoms with Gasteiger partial charge in [-0.3, -0.25) is 14.9 Å². The van der Waals surface area contributed by atoms with Crippen LogP contribution in [0.3, 0.4) is 0 Å². The van der Waals surface area contributed by atoms with E-state index in [1.807, 2.05) is 6.92 Å². The summed E-state index contributed by atoms with van der Waals surface area (Å²) in [6, 6.07) is 0.889. The summed E-state index contributed by atoms with van der Waals surface area (Å²) in [5, 5.41) is 22.1. The number of methoxy groups -OCH3 is 1. The zero-order valence-electron chi connectivity index (χ0n) is 12.5. The third-order valence-corrected chi connectivity index (χ3v) is 3.04. The molecule has 23 heavy (non-hydrogen) atoms. The van der Waals surface area contributed by atoms with Crippen molar-refractivity contribution in [2.24, 2.45) is 0 Å². The second kappa shape index (κ2) is 6.77. The van der Waals surface area contributed by atoms with Crippen LogP contribution in [0.15, 0.2) is 17.1 Å². The first-order valence-electron chi connectivity index (χ1n) is 6.70. The van der Waals surface area contributed by atoms with Gasteiger partial charge in [-0.05, 0) is 16.8 Å². The molecule has 0 aliphatic heterocycles. The molecular formula is C12H14N6O5. The minimum atomic E-state index is -0.853. The van der Waals surface area contributed by atoms with Crippen LogP contribution < -0.4 is 5.56 Å². The van der Waals surface area contributed by atoms with Crippen LogP contribution in [0.5, 0.6) is 0 Å². The Bertz CT molecular complexity index is 795. The van der Waals surface area contributed by atoms with Gasteiger partial charge < -0.3 is 9.30 Å². The van der Waals surface area contributed by atoms with E-state index in [1.54, 1.807) is 0 Å². The monoisotopic (exact) mass is 322 g/mol. The second-order valence-electron chi connectivity index (χ2n) is 4.61. The molecule has 0 N–H and O–H groups in total. The Labute approximate surface area is 129 Å². The normalized spacial score (nSPS) is 10.5. The number of pyridine rings is 1. The lowest BCUT2D eigenvalue weighted by Gasteiger charge is -2.08. The van der Waals surface area contributed by atoms with Gasteiger partial charge in [0.1, 0.15) is 0 Å². The third kappa shape index (κ3) is 3.39. The summed E-state index contributed by atoms with van der Waals surface area (Å²) in [5.74, 6) is -0.430. The van der Waals surface area contributed by atoms with Crippen LogP contribution in [0.2, 0.25) is 0 Å². The van der Waals surface area contributed by atoms with Crippen LogP contribution in [0, 0.1) is 10.1 Å². The second-order valence-corrected chi connectivity index (χ2v) is 4.61. The summed E-state index contributed by atoms with van der Waals surface area (Å²) < 4.78 is 7.05. The van der Waals surface area contributed by atoms with Crippen molar-refractivity contribution in [3.05, 3.63) is 44.1 Å². The van der Waals surface area contributed by atoms with Crippen molar-refractivity contribution in [2.75, 3.05) is 7.11 Å². The fourth-order valence-electron chi connectivity index (χ4n) is 1.97. The molecular weight excluding hydrogens is 308 g/mol. The zero-order valence-corrected chi connectivity index (χ0v) is 12.5. The Morgan fingerprint density at radius 1 is 1.48 bits per heavy atom. The lowest BCUT2D eigenvalue weighted by molar-refractivity contribution is -0.386. The number of rotatable bonds is 6. The Hall–Kier alpha value is -3.11. The van der Waals surface area contributed by atoms with Gasteiger partial charge in [-0.25, -0.2) is 9.48 Å². The predicted molar refractivity (Wildman–Crippen MR) is 75.9 cm³/mol. The number of nitrogens with zero attached hydrogens (tertiary/aromatic N) is 6. The lowest BCUT2D eigenvalue weighted by Crippen LogP contribution is -2.26. The minimum absolute atomic E-state index is 0.0997. The third-order valence-electron chi connectivity index (χ3n) is 3.04. The van der Waals surface area contributed by atoms with Crippen molar-refractivity contribution in [1.82, 2.24) is 24.8 Å². The first-order chi connectivity index (χ1) is 11.0. The first kappa shape index (κ1) is 16.3. The van der Waals surface area contributed by atoms with Crippen LogP contribution in [0.1, 0.15) is 29.5 Å². The molecule has 2 rings (SSSR count). The van der Waals surface area contributed by atoms with Gasteiger partial charge in [-0.1, -0.05) is 6.92 Å². The van der Waals surface area contributed by atoms with Crippen molar-refractivity contribution in [2.45, 2.75) is 26.4 Å². The standard InChI is InChI=1S/C12H14N6O5/c1-3-4-17-10(13-14-15-17)7-16-6-8(12(20)23-2)5-9(11(16)19)18(21)22/h5-6H,3-4,7H2,1-2H3. The van der Waals surface area contributed by atoms with Gasteiger partial charge in [0.2, 0.25) is 0 Å². The van der Waals surface area contributed by atoms with E-state index < -0.39 is 22.1 Å². The number of ether oxygens (including phenoxy) is 1. The highest BCUT2D eigenvalue weighted by molar-refractivity contribution is 5.89. The molecule has 11 heteroatoms. The smallest absolute Gasteiger partial charge is 0.339 e. The van der Waals surface area contributed by atoms with E-state index in [0.717, 1.165) is 24.2 Å². The fraction of sp³-hybridized carbons (Fsp3) is 0.417. The van der Waals surface area contributed by atoms with E-state index in [2.05, 4.69) is 20.3 Å². The van der Waals surface area contributed by atoms with Gasteiger partial charge in [0.15, 0.2) is 5.82 Å². The summed E-state index contributed by atoms with van der Waals surface area (Å²) in [5.41, 5.74) is -1.68. The van der Waals surface area contributed by atoms with E-state index >= 15 is 0 Å². The number of hydrogen-bond acceptors (Lipinski definition) is 8. The maximum Gasteiger partial charge on any atom is 0.339 e. The van der Waals surface area contributed by atoms with Crippen LogP contribution in [-0.2, 0) is 17.8 Å². The largest absolute Gasteiger partial charge is 0.465 e. The molecule has 0 spiro atoms. The molecule has 0 bridgehead atoms. The molecule has 0 saturated heterocycles. The SMILES string of the molecule is CCCn1nnnc1Cn1cc(C(=O)OC)cc([N+](=O)[O-])c1=O. The molecule has 2 aromatic rings. The fourth-order valence-corrected chi connectivity index (χ4v) is 1.97. The Morgan fingerprint density at radius 3 is 2.83 bits per heavy atom. The molecule has 122 valence electrons. The number of tetrazole rings is 1. The number of hydrogen-bond donors (Lipinski definition) is 0. The Balaban J connectivity index is 2.50. The summed E-state index contributed by atoms with van der Waals surface area (Å²) >= 11 is 0. The highest BCUT2D eigenvalue weighted by Crippen LogP contribution is 2.10. The molecule has 0 unspecified atom stereocenters. The van der Waals surface area contributed by atoms with E-state index in [-0.39, 0.29) is 12.1 Å². The average Bonchev–Trinajstić information content (AvgIpc) is 2.95. The first-order valence-corrected chi connectivity index (χ1v) is 6.70. The number of nitro groups is 1. The van der Waals surface area contributed by atoms with Gasteiger partial charge in [-0.2, -0.15) is 0 Å². The number of carbonyl (C=O) groups is 1. The maximum absolute atomic E-state index is 12.2. The van der Waals surface area contributed by atoms with Crippen LogP contribution in [0.4, 0.5) is 5.69 Å². The van der Waals surface area contributed by atoms with Crippen molar-refractivity contribution in [3.8, 4) is 0 Å².